The normalized spacial score (nSPS) is 17.1. The first kappa shape index (κ1) is 12.7. The Morgan fingerprint density at radius 1 is 1.39 bits per heavy atom. The molecule has 1 aliphatic carbocycles. The quantitative estimate of drug-likeness (QED) is 0.842. The zero-order valence-electron chi connectivity index (χ0n) is 10.9. The highest BCUT2D eigenvalue weighted by atomic mass is 16.6. The zero-order valence-corrected chi connectivity index (χ0v) is 10.9. The summed E-state index contributed by atoms with van der Waals surface area (Å²) in [6.45, 7) is 5.48. The molecule has 0 unspecified atom stereocenters. The van der Waals surface area contributed by atoms with Gasteiger partial charge in [0.1, 0.15) is 5.60 Å². The number of amides is 1. The summed E-state index contributed by atoms with van der Waals surface area (Å²) in [5, 5.41) is 2.88. The molecule has 1 aromatic heterocycles. The molecule has 18 heavy (non-hydrogen) atoms. The van der Waals surface area contributed by atoms with Crippen LogP contribution >= 0.6 is 0 Å². The van der Waals surface area contributed by atoms with Crippen LogP contribution in [0.1, 0.15) is 39.2 Å². The van der Waals surface area contributed by atoms with E-state index in [0.717, 1.165) is 18.4 Å². The van der Waals surface area contributed by atoms with Gasteiger partial charge in [-0.15, -0.1) is 0 Å². The molecular formula is C13H18N2O3. The topological polar surface area (TPSA) is 71.2 Å². The van der Waals surface area contributed by atoms with Crippen LogP contribution in [0, 0.1) is 0 Å². The summed E-state index contributed by atoms with van der Waals surface area (Å²) in [5.74, 6) is 0. The number of aromatic nitrogens is 1. The average Bonchev–Trinajstić information content (AvgIpc) is 2.96. The molecule has 5 heteroatoms. The minimum Gasteiger partial charge on any atom is -0.444 e. The molecule has 0 spiro atoms. The van der Waals surface area contributed by atoms with Crippen molar-refractivity contribution in [3.63, 3.8) is 0 Å². The number of ether oxygens (including phenoxy) is 1. The number of pyridine rings is 1. The van der Waals surface area contributed by atoms with Gasteiger partial charge in [-0.2, -0.15) is 0 Å². The number of aromatic amines is 1. The first-order chi connectivity index (χ1) is 8.31. The second kappa shape index (κ2) is 4.15. The molecule has 0 bridgehead atoms. The van der Waals surface area contributed by atoms with E-state index in [9.17, 15) is 9.59 Å². The lowest BCUT2D eigenvalue weighted by Gasteiger charge is -2.23. The Balaban J connectivity index is 2.07. The van der Waals surface area contributed by atoms with Crippen LogP contribution in [0.15, 0.2) is 23.1 Å². The maximum absolute atomic E-state index is 11.7. The fraction of sp³-hybridized carbons (Fsp3) is 0.538. The van der Waals surface area contributed by atoms with Crippen LogP contribution in [-0.4, -0.2) is 16.7 Å². The Kier molecular flexibility index (Phi) is 2.92. The van der Waals surface area contributed by atoms with Crippen LogP contribution in [0.4, 0.5) is 4.79 Å². The van der Waals surface area contributed by atoms with Crippen LogP contribution < -0.4 is 10.9 Å². The highest BCUT2D eigenvalue weighted by molar-refractivity contribution is 5.70. The molecule has 2 rings (SSSR count). The molecule has 0 aliphatic heterocycles. The number of nitrogens with one attached hydrogen (secondary N) is 2. The van der Waals surface area contributed by atoms with Crippen molar-refractivity contribution in [1.82, 2.24) is 10.3 Å². The van der Waals surface area contributed by atoms with E-state index in [1.165, 1.54) is 6.07 Å². The number of alkyl carbamates (subject to hydrolysis) is 1. The number of rotatable bonds is 2. The lowest BCUT2D eigenvalue weighted by atomic mass is 10.1. The van der Waals surface area contributed by atoms with Crippen molar-refractivity contribution >= 4 is 6.09 Å². The summed E-state index contributed by atoms with van der Waals surface area (Å²) in [6, 6.07) is 3.20. The molecule has 98 valence electrons. The summed E-state index contributed by atoms with van der Waals surface area (Å²) in [4.78, 5) is 25.4. The van der Waals surface area contributed by atoms with Gasteiger partial charge in [-0.1, -0.05) is 0 Å². The third-order valence-electron chi connectivity index (χ3n) is 2.83. The number of carbonyl (C=O) groups is 1. The summed E-state index contributed by atoms with van der Waals surface area (Å²) in [6.07, 6.45) is 2.94. The summed E-state index contributed by atoms with van der Waals surface area (Å²) < 4.78 is 5.24. The van der Waals surface area contributed by atoms with Gasteiger partial charge in [-0.05, 0) is 45.2 Å². The van der Waals surface area contributed by atoms with Crippen molar-refractivity contribution < 1.29 is 9.53 Å². The molecule has 1 saturated carbocycles. The van der Waals surface area contributed by atoms with Crippen molar-refractivity contribution in [3.05, 3.63) is 34.2 Å². The Bertz CT molecular complexity index is 489. The van der Waals surface area contributed by atoms with Crippen molar-refractivity contribution in [1.29, 1.82) is 0 Å². The molecular weight excluding hydrogens is 232 g/mol. The fourth-order valence-corrected chi connectivity index (χ4v) is 1.82. The number of H-pyrrole nitrogens is 1. The zero-order chi connectivity index (χ0) is 13.4. The number of hydrogen-bond donors (Lipinski definition) is 2. The third kappa shape index (κ3) is 2.91. The molecule has 0 radical (unpaired) electrons. The molecule has 2 N–H and O–H groups in total. The van der Waals surface area contributed by atoms with Crippen LogP contribution in [0.25, 0.3) is 0 Å². The first-order valence-electron chi connectivity index (χ1n) is 6.01. The molecule has 1 amide bonds. The van der Waals surface area contributed by atoms with Gasteiger partial charge in [0.15, 0.2) is 0 Å². The van der Waals surface area contributed by atoms with Crippen LogP contribution in [0.5, 0.6) is 0 Å². The second-order valence-corrected chi connectivity index (χ2v) is 5.65. The van der Waals surface area contributed by atoms with E-state index in [0.29, 0.717) is 0 Å². The van der Waals surface area contributed by atoms with Crippen LogP contribution in [-0.2, 0) is 10.3 Å². The largest absolute Gasteiger partial charge is 0.444 e. The van der Waals surface area contributed by atoms with Crippen molar-refractivity contribution in [2.24, 2.45) is 0 Å². The van der Waals surface area contributed by atoms with Crippen molar-refractivity contribution in [3.8, 4) is 0 Å². The number of hydrogen-bond acceptors (Lipinski definition) is 3. The van der Waals surface area contributed by atoms with Crippen molar-refractivity contribution in [2.75, 3.05) is 0 Å². The van der Waals surface area contributed by atoms with Gasteiger partial charge in [0.25, 0.3) is 0 Å². The summed E-state index contributed by atoms with van der Waals surface area (Å²) >= 11 is 0. The van der Waals surface area contributed by atoms with Gasteiger partial charge in [-0.3, -0.25) is 4.79 Å². The van der Waals surface area contributed by atoms with Crippen LogP contribution in [0.3, 0.4) is 0 Å². The number of carbonyl (C=O) groups excluding carboxylic acids is 1. The maximum atomic E-state index is 11.7. The lowest BCUT2D eigenvalue weighted by Crippen LogP contribution is -2.39. The standard InChI is InChI=1S/C13H18N2O3/c1-12(2,3)18-11(17)15-13(6-7-13)9-4-5-10(16)14-8-9/h4-5,8H,6-7H2,1-3H3,(H,14,16)(H,15,17). The minimum absolute atomic E-state index is 0.146. The first-order valence-corrected chi connectivity index (χ1v) is 6.01. The molecule has 0 saturated heterocycles. The van der Waals surface area contributed by atoms with Gasteiger partial charge in [-0.25, -0.2) is 4.79 Å². The minimum atomic E-state index is -0.509. The SMILES string of the molecule is CC(C)(C)OC(=O)NC1(c2ccc(=O)[nH]c2)CC1. The smallest absolute Gasteiger partial charge is 0.408 e. The van der Waals surface area contributed by atoms with E-state index in [1.807, 2.05) is 20.8 Å². The predicted molar refractivity (Wildman–Crippen MR) is 67.3 cm³/mol. The molecule has 0 aromatic carbocycles. The Morgan fingerprint density at radius 3 is 2.50 bits per heavy atom. The average molecular weight is 250 g/mol. The highest BCUT2D eigenvalue weighted by Gasteiger charge is 2.46. The molecule has 1 aliphatic rings. The second-order valence-electron chi connectivity index (χ2n) is 5.65. The molecule has 5 nitrogen and oxygen atoms in total. The van der Waals surface area contributed by atoms with Crippen LogP contribution in [0.2, 0.25) is 0 Å². The van der Waals surface area contributed by atoms with E-state index >= 15 is 0 Å². The molecule has 1 heterocycles. The molecule has 1 aromatic rings. The maximum Gasteiger partial charge on any atom is 0.408 e. The van der Waals surface area contributed by atoms with Gasteiger partial charge < -0.3 is 15.0 Å². The van der Waals surface area contributed by atoms with Gasteiger partial charge >= 0.3 is 6.09 Å². The Hall–Kier alpha value is -1.78. The Labute approximate surface area is 106 Å². The van der Waals surface area contributed by atoms with E-state index in [1.54, 1.807) is 12.3 Å². The van der Waals surface area contributed by atoms with Crippen molar-refractivity contribution in [2.45, 2.75) is 44.8 Å². The fourth-order valence-electron chi connectivity index (χ4n) is 1.82. The van der Waals surface area contributed by atoms with E-state index in [4.69, 9.17) is 4.74 Å². The highest BCUT2D eigenvalue weighted by Crippen LogP contribution is 2.45. The predicted octanol–water partition coefficient (Wildman–Crippen LogP) is 1.89. The van der Waals surface area contributed by atoms with E-state index in [2.05, 4.69) is 10.3 Å². The van der Waals surface area contributed by atoms with E-state index < -0.39 is 11.7 Å². The summed E-state index contributed by atoms with van der Waals surface area (Å²) in [5.41, 5.74) is -0.114. The summed E-state index contributed by atoms with van der Waals surface area (Å²) in [7, 11) is 0. The van der Waals surface area contributed by atoms with Gasteiger partial charge in [0.2, 0.25) is 5.56 Å². The third-order valence-corrected chi connectivity index (χ3v) is 2.83. The molecule has 0 atom stereocenters. The Morgan fingerprint density at radius 2 is 2.06 bits per heavy atom. The lowest BCUT2D eigenvalue weighted by molar-refractivity contribution is 0.0495. The van der Waals surface area contributed by atoms with Gasteiger partial charge in [0.05, 0.1) is 5.54 Å². The van der Waals surface area contributed by atoms with Gasteiger partial charge in [0, 0.05) is 12.3 Å². The van der Waals surface area contributed by atoms with E-state index in [-0.39, 0.29) is 11.1 Å². The monoisotopic (exact) mass is 250 g/mol. The molecule has 1 fully saturated rings.